The highest BCUT2D eigenvalue weighted by Crippen LogP contribution is 2.25. The summed E-state index contributed by atoms with van der Waals surface area (Å²) in [7, 11) is 0. The maximum atomic E-state index is 13.8. The van der Waals surface area contributed by atoms with Gasteiger partial charge in [0.05, 0.1) is 16.6 Å². The number of imidazole rings is 1. The van der Waals surface area contributed by atoms with Gasteiger partial charge in [-0.05, 0) is 35.9 Å². The molecule has 2 aromatic carbocycles. The maximum Gasteiger partial charge on any atom is 0.141 e. The highest BCUT2D eigenvalue weighted by atomic mass is 35.5. The fourth-order valence-corrected chi connectivity index (χ4v) is 2.15. The zero-order chi connectivity index (χ0) is 13.4. The van der Waals surface area contributed by atoms with Crippen LogP contribution in [-0.4, -0.2) is 9.97 Å². The van der Waals surface area contributed by atoms with Crippen molar-refractivity contribution in [2.75, 3.05) is 0 Å². The zero-order valence-electron chi connectivity index (χ0n) is 9.95. The van der Waals surface area contributed by atoms with Crippen molar-refractivity contribution in [1.29, 1.82) is 0 Å². The Labute approximate surface area is 114 Å². The minimum atomic E-state index is -0.398. The normalized spacial score (nSPS) is 11.1. The number of aromatic amines is 1. The lowest BCUT2D eigenvalue weighted by molar-refractivity contribution is 0.630. The van der Waals surface area contributed by atoms with Gasteiger partial charge in [-0.15, -0.1) is 0 Å². The molecule has 0 amide bonds. The molecule has 0 saturated heterocycles. The van der Waals surface area contributed by atoms with E-state index in [4.69, 9.17) is 17.3 Å². The lowest BCUT2D eigenvalue weighted by atomic mass is 10.2. The quantitative estimate of drug-likeness (QED) is 0.752. The van der Waals surface area contributed by atoms with Crippen LogP contribution in [0.4, 0.5) is 4.39 Å². The summed E-state index contributed by atoms with van der Waals surface area (Å²) in [5.74, 6) is 0.0870. The van der Waals surface area contributed by atoms with Gasteiger partial charge in [0.2, 0.25) is 0 Å². The number of hydrogen-bond acceptors (Lipinski definition) is 2. The second-order valence-corrected chi connectivity index (χ2v) is 4.70. The Bertz CT molecular complexity index is 752. The molecule has 3 nitrogen and oxygen atoms in total. The molecule has 0 spiro atoms. The third-order valence-electron chi connectivity index (χ3n) is 2.97. The number of H-pyrrole nitrogens is 1. The van der Waals surface area contributed by atoms with Crippen molar-refractivity contribution in [3.63, 3.8) is 0 Å². The Morgan fingerprint density at radius 2 is 2.05 bits per heavy atom. The minimum absolute atomic E-state index is 0.364. The molecule has 19 heavy (non-hydrogen) atoms. The van der Waals surface area contributed by atoms with E-state index < -0.39 is 5.82 Å². The van der Waals surface area contributed by atoms with Gasteiger partial charge in [0.1, 0.15) is 11.6 Å². The third kappa shape index (κ3) is 2.20. The fourth-order valence-electron chi connectivity index (χ4n) is 1.99. The first-order chi connectivity index (χ1) is 9.17. The van der Waals surface area contributed by atoms with Crippen LogP contribution in [0, 0.1) is 5.82 Å². The molecule has 0 bridgehead atoms. The Balaban J connectivity index is 2.14. The van der Waals surface area contributed by atoms with Crippen molar-refractivity contribution in [3.8, 4) is 11.4 Å². The Hall–Kier alpha value is -1.91. The van der Waals surface area contributed by atoms with Crippen molar-refractivity contribution < 1.29 is 4.39 Å². The fraction of sp³-hybridized carbons (Fsp3) is 0.0714. The van der Waals surface area contributed by atoms with Crippen LogP contribution in [0.1, 0.15) is 5.56 Å². The first kappa shape index (κ1) is 12.1. The standard InChI is InChI=1S/C14H11ClFN3/c15-9-2-3-10(11(16)6-9)14-18-12-4-1-8(7-17)5-13(12)19-14/h1-6H,7,17H2,(H,18,19). The van der Waals surface area contributed by atoms with Crippen LogP contribution in [0.3, 0.4) is 0 Å². The largest absolute Gasteiger partial charge is 0.338 e. The minimum Gasteiger partial charge on any atom is -0.338 e. The van der Waals surface area contributed by atoms with Crippen molar-refractivity contribution in [1.82, 2.24) is 9.97 Å². The van der Waals surface area contributed by atoms with E-state index in [-0.39, 0.29) is 0 Å². The summed E-state index contributed by atoms with van der Waals surface area (Å²) in [5.41, 5.74) is 8.61. The Kier molecular flexibility index (Phi) is 2.97. The molecule has 3 N–H and O–H groups in total. The van der Waals surface area contributed by atoms with Gasteiger partial charge in [-0.2, -0.15) is 0 Å². The summed E-state index contributed by atoms with van der Waals surface area (Å²) < 4.78 is 13.8. The van der Waals surface area contributed by atoms with E-state index in [9.17, 15) is 4.39 Å². The van der Waals surface area contributed by atoms with Crippen molar-refractivity contribution >= 4 is 22.6 Å². The zero-order valence-corrected chi connectivity index (χ0v) is 10.7. The second kappa shape index (κ2) is 4.64. The lowest BCUT2D eigenvalue weighted by Gasteiger charge is -1.99. The molecule has 0 aliphatic carbocycles. The van der Waals surface area contributed by atoms with Crippen LogP contribution in [0.5, 0.6) is 0 Å². The number of nitrogens with zero attached hydrogens (tertiary/aromatic N) is 1. The highest BCUT2D eigenvalue weighted by Gasteiger charge is 2.10. The van der Waals surface area contributed by atoms with Crippen LogP contribution in [0.15, 0.2) is 36.4 Å². The van der Waals surface area contributed by atoms with E-state index >= 15 is 0 Å². The molecule has 0 aliphatic heterocycles. The SMILES string of the molecule is NCc1ccc2nc(-c3ccc(Cl)cc3F)[nH]c2c1. The first-order valence-electron chi connectivity index (χ1n) is 5.81. The molecule has 3 rings (SSSR count). The number of nitrogens with two attached hydrogens (primary N) is 1. The number of benzene rings is 2. The van der Waals surface area contributed by atoms with E-state index in [1.165, 1.54) is 6.07 Å². The molecule has 0 saturated carbocycles. The monoisotopic (exact) mass is 275 g/mol. The third-order valence-corrected chi connectivity index (χ3v) is 3.20. The van der Waals surface area contributed by atoms with E-state index in [1.54, 1.807) is 12.1 Å². The van der Waals surface area contributed by atoms with Gasteiger partial charge in [0, 0.05) is 11.6 Å². The number of rotatable bonds is 2. The molecule has 0 fully saturated rings. The molecule has 5 heteroatoms. The van der Waals surface area contributed by atoms with Gasteiger partial charge in [0.25, 0.3) is 0 Å². The predicted octanol–water partition coefficient (Wildman–Crippen LogP) is 3.48. The topological polar surface area (TPSA) is 54.7 Å². The number of fused-ring (bicyclic) bond motifs is 1. The molecule has 0 radical (unpaired) electrons. The summed E-state index contributed by atoms with van der Waals surface area (Å²) in [6.45, 7) is 0.458. The second-order valence-electron chi connectivity index (χ2n) is 4.27. The number of nitrogens with one attached hydrogen (secondary N) is 1. The Morgan fingerprint density at radius 1 is 1.21 bits per heavy atom. The maximum absolute atomic E-state index is 13.8. The van der Waals surface area contributed by atoms with Crippen LogP contribution < -0.4 is 5.73 Å². The molecule has 1 aromatic heterocycles. The van der Waals surface area contributed by atoms with Crippen LogP contribution in [-0.2, 0) is 6.54 Å². The van der Waals surface area contributed by atoms with Crippen LogP contribution in [0.2, 0.25) is 5.02 Å². The van der Waals surface area contributed by atoms with Crippen molar-refractivity contribution in [2.45, 2.75) is 6.54 Å². The van der Waals surface area contributed by atoms with Crippen molar-refractivity contribution in [3.05, 3.63) is 52.8 Å². The number of hydrogen-bond donors (Lipinski definition) is 2. The lowest BCUT2D eigenvalue weighted by Crippen LogP contribution is -1.95. The molecular formula is C14H11ClFN3. The van der Waals surface area contributed by atoms with Gasteiger partial charge in [-0.3, -0.25) is 0 Å². The molecule has 96 valence electrons. The summed E-state index contributed by atoms with van der Waals surface area (Å²) in [6.07, 6.45) is 0. The first-order valence-corrected chi connectivity index (χ1v) is 6.19. The average molecular weight is 276 g/mol. The van der Waals surface area contributed by atoms with E-state index in [0.717, 1.165) is 16.6 Å². The Morgan fingerprint density at radius 3 is 2.79 bits per heavy atom. The summed E-state index contributed by atoms with van der Waals surface area (Å²) in [6, 6.07) is 10.2. The van der Waals surface area contributed by atoms with Crippen molar-refractivity contribution in [2.24, 2.45) is 5.73 Å². The molecule has 0 atom stereocenters. The highest BCUT2D eigenvalue weighted by molar-refractivity contribution is 6.30. The summed E-state index contributed by atoms with van der Waals surface area (Å²) in [4.78, 5) is 7.47. The summed E-state index contributed by atoms with van der Waals surface area (Å²) in [5, 5.41) is 0.364. The van der Waals surface area contributed by atoms with Crippen LogP contribution in [0.25, 0.3) is 22.4 Å². The molecular weight excluding hydrogens is 265 g/mol. The molecule has 1 heterocycles. The van der Waals surface area contributed by atoms with Gasteiger partial charge in [-0.25, -0.2) is 9.37 Å². The molecule has 0 aliphatic rings. The predicted molar refractivity (Wildman–Crippen MR) is 74.4 cm³/mol. The average Bonchev–Trinajstić information content (AvgIpc) is 2.80. The van der Waals surface area contributed by atoms with Gasteiger partial charge >= 0.3 is 0 Å². The number of halogens is 2. The van der Waals surface area contributed by atoms with E-state index in [0.29, 0.717) is 23.0 Å². The molecule has 3 aromatic rings. The van der Waals surface area contributed by atoms with Gasteiger partial charge < -0.3 is 10.7 Å². The smallest absolute Gasteiger partial charge is 0.141 e. The van der Waals surface area contributed by atoms with Gasteiger partial charge in [-0.1, -0.05) is 17.7 Å². The summed E-state index contributed by atoms with van der Waals surface area (Å²) >= 11 is 5.74. The number of aromatic nitrogens is 2. The van der Waals surface area contributed by atoms with Crippen LogP contribution >= 0.6 is 11.6 Å². The van der Waals surface area contributed by atoms with E-state index in [2.05, 4.69) is 9.97 Å². The molecule has 0 unspecified atom stereocenters. The van der Waals surface area contributed by atoms with Gasteiger partial charge in [0.15, 0.2) is 0 Å². The van der Waals surface area contributed by atoms with E-state index in [1.807, 2.05) is 18.2 Å².